The average molecular weight is 519 g/mol. The molecule has 1 fully saturated rings. The molecule has 7 heteroatoms. The van der Waals surface area contributed by atoms with Gasteiger partial charge in [0.1, 0.15) is 17.6 Å². The SMILES string of the molecule is CN(C)c1ccc(N2C(=S)NC(c3ccccn3)C2c2ccc(-c3ccc(Br)cc3)o2)cc1. The summed E-state index contributed by atoms with van der Waals surface area (Å²) in [6, 6.07) is 26.1. The van der Waals surface area contributed by atoms with Crippen molar-refractivity contribution in [3.63, 3.8) is 0 Å². The van der Waals surface area contributed by atoms with Gasteiger partial charge in [-0.2, -0.15) is 0 Å². The van der Waals surface area contributed by atoms with Gasteiger partial charge in [-0.05, 0) is 72.9 Å². The van der Waals surface area contributed by atoms with Gasteiger partial charge in [-0.15, -0.1) is 0 Å². The predicted octanol–water partition coefficient (Wildman–Crippen LogP) is 6.35. The number of halogens is 1. The fourth-order valence-corrected chi connectivity index (χ4v) is 4.72. The van der Waals surface area contributed by atoms with Crippen molar-refractivity contribution in [3.8, 4) is 11.3 Å². The lowest BCUT2D eigenvalue weighted by Crippen LogP contribution is -2.29. The van der Waals surface area contributed by atoms with Gasteiger partial charge in [0.05, 0.1) is 11.7 Å². The molecule has 5 nitrogen and oxygen atoms in total. The summed E-state index contributed by atoms with van der Waals surface area (Å²) >= 11 is 9.30. The van der Waals surface area contributed by atoms with Crippen LogP contribution in [0.3, 0.4) is 0 Å². The first-order valence-electron chi connectivity index (χ1n) is 10.6. The van der Waals surface area contributed by atoms with E-state index in [1.165, 1.54) is 0 Å². The Hall–Kier alpha value is -3.16. The minimum absolute atomic E-state index is 0.142. The van der Waals surface area contributed by atoms with Gasteiger partial charge in [-0.25, -0.2) is 0 Å². The zero-order valence-corrected chi connectivity index (χ0v) is 20.7. The summed E-state index contributed by atoms with van der Waals surface area (Å²) in [4.78, 5) is 8.81. The van der Waals surface area contributed by atoms with Gasteiger partial charge in [0, 0.05) is 41.7 Å². The van der Waals surface area contributed by atoms with Gasteiger partial charge >= 0.3 is 0 Å². The van der Waals surface area contributed by atoms with E-state index in [4.69, 9.17) is 16.6 Å². The highest BCUT2D eigenvalue weighted by Gasteiger charge is 2.42. The van der Waals surface area contributed by atoms with Crippen LogP contribution in [0.5, 0.6) is 0 Å². The van der Waals surface area contributed by atoms with Crippen LogP contribution < -0.4 is 15.1 Å². The van der Waals surface area contributed by atoms with Crippen molar-refractivity contribution >= 4 is 44.6 Å². The van der Waals surface area contributed by atoms with Crippen LogP contribution in [0.25, 0.3) is 11.3 Å². The second-order valence-electron chi connectivity index (χ2n) is 8.12. The average Bonchev–Trinajstić information content (AvgIpc) is 3.45. The molecule has 0 bridgehead atoms. The Balaban J connectivity index is 1.57. The van der Waals surface area contributed by atoms with E-state index in [0.29, 0.717) is 5.11 Å². The molecule has 1 aliphatic heterocycles. The van der Waals surface area contributed by atoms with Crippen molar-refractivity contribution in [2.45, 2.75) is 12.1 Å². The second kappa shape index (κ2) is 9.00. The third-order valence-electron chi connectivity index (χ3n) is 5.79. The van der Waals surface area contributed by atoms with Gasteiger partial charge in [0.25, 0.3) is 0 Å². The Kier molecular flexibility index (Phi) is 5.91. The highest BCUT2D eigenvalue weighted by molar-refractivity contribution is 9.10. The van der Waals surface area contributed by atoms with Crippen molar-refractivity contribution in [1.29, 1.82) is 0 Å². The van der Waals surface area contributed by atoms with Gasteiger partial charge in [0.15, 0.2) is 5.11 Å². The van der Waals surface area contributed by atoms with Crippen molar-refractivity contribution in [2.75, 3.05) is 23.9 Å². The van der Waals surface area contributed by atoms with E-state index < -0.39 is 0 Å². The molecule has 0 saturated carbocycles. The molecule has 2 aromatic carbocycles. The number of thiocarbonyl (C=S) groups is 1. The lowest BCUT2D eigenvalue weighted by molar-refractivity contribution is 0.439. The number of anilines is 2. The van der Waals surface area contributed by atoms with E-state index in [2.05, 4.69) is 60.3 Å². The van der Waals surface area contributed by atoms with Gasteiger partial charge in [0.2, 0.25) is 0 Å². The number of rotatable bonds is 5. The third kappa shape index (κ3) is 4.26. The number of furan rings is 1. The zero-order valence-electron chi connectivity index (χ0n) is 18.3. The molecule has 2 atom stereocenters. The van der Waals surface area contributed by atoms with E-state index in [0.717, 1.165) is 38.6 Å². The summed E-state index contributed by atoms with van der Waals surface area (Å²) in [5.41, 5.74) is 4.07. The second-order valence-corrected chi connectivity index (χ2v) is 9.42. The number of nitrogens with one attached hydrogen (secondary N) is 1. The molecule has 0 amide bonds. The summed E-state index contributed by atoms with van der Waals surface area (Å²) in [7, 11) is 4.06. The van der Waals surface area contributed by atoms with Crippen molar-refractivity contribution < 1.29 is 4.42 Å². The van der Waals surface area contributed by atoms with Crippen LogP contribution in [0.15, 0.2) is 93.9 Å². The maximum absolute atomic E-state index is 6.41. The normalized spacial score (nSPS) is 17.8. The summed E-state index contributed by atoms with van der Waals surface area (Å²) < 4.78 is 7.45. The van der Waals surface area contributed by atoms with Crippen molar-refractivity contribution in [2.24, 2.45) is 0 Å². The first-order valence-corrected chi connectivity index (χ1v) is 11.8. The molecule has 5 rings (SSSR count). The molecule has 166 valence electrons. The van der Waals surface area contributed by atoms with Crippen LogP contribution in [0.4, 0.5) is 11.4 Å². The van der Waals surface area contributed by atoms with E-state index >= 15 is 0 Å². The standard InChI is InChI=1S/C26H23BrN4OS/c1-30(2)19-10-12-20(13-11-19)31-25(24(29-26(31)33)21-5-3-4-16-28-21)23-15-14-22(32-23)17-6-8-18(27)9-7-17/h3-16,24-25H,1-2H3,(H,29,33). The fraction of sp³-hybridized carbons (Fsp3) is 0.154. The fourth-order valence-electron chi connectivity index (χ4n) is 4.11. The van der Waals surface area contributed by atoms with E-state index in [9.17, 15) is 0 Å². The van der Waals surface area contributed by atoms with E-state index in [-0.39, 0.29) is 12.1 Å². The van der Waals surface area contributed by atoms with Crippen LogP contribution in [-0.4, -0.2) is 24.2 Å². The predicted molar refractivity (Wildman–Crippen MR) is 141 cm³/mol. The van der Waals surface area contributed by atoms with Crippen molar-refractivity contribution in [1.82, 2.24) is 10.3 Å². The molecule has 4 aromatic rings. The number of pyridine rings is 1. The summed E-state index contributed by atoms with van der Waals surface area (Å²) in [5.74, 6) is 1.64. The molecule has 1 aliphatic rings. The number of aromatic nitrogens is 1. The molecule has 3 heterocycles. The maximum Gasteiger partial charge on any atom is 0.174 e. The smallest absolute Gasteiger partial charge is 0.174 e. The van der Waals surface area contributed by atoms with E-state index in [1.807, 2.05) is 68.7 Å². The summed E-state index contributed by atoms with van der Waals surface area (Å²) in [5, 5.41) is 4.13. The minimum atomic E-state index is -0.179. The Morgan fingerprint density at radius 1 is 0.970 bits per heavy atom. The zero-order chi connectivity index (χ0) is 22.9. The molecule has 2 unspecified atom stereocenters. The third-order valence-corrected chi connectivity index (χ3v) is 6.63. The first-order chi connectivity index (χ1) is 16.0. The quantitative estimate of drug-likeness (QED) is 0.310. The number of benzene rings is 2. The number of nitrogens with zero attached hydrogens (tertiary/aromatic N) is 3. The van der Waals surface area contributed by atoms with Crippen LogP contribution in [0.2, 0.25) is 0 Å². The number of hydrogen-bond donors (Lipinski definition) is 1. The summed E-state index contributed by atoms with van der Waals surface area (Å²) in [6.07, 6.45) is 1.81. The molecule has 0 aliphatic carbocycles. The molecule has 33 heavy (non-hydrogen) atoms. The molecule has 2 aromatic heterocycles. The lowest BCUT2D eigenvalue weighted by atomic mass is 10.0. The van der Waals surface area contributed by atoms with Crippen LogP contribution in [-0.2, 0) is 0 Å². The first kappa shape index (κ1) is 21.7. The molecular formula is C26H23BrN4OS. The largest absolute Gasteiger partial charge is 0.459 e. The Morgan fingerprint density at radius 2 is 1.73 bits per heavy atom. The molecule has 1 saturated heterocycles. The molecule has 0 spiro atoms. The van der Waals surface area contributed by atoms with Gasteiger partial charge in [-0.1, -0.05) is 34.1 Å². The topological polar surface area (TPSA) is 44.5 Å². The molecular weight excluding hydrogens is 496 g/mol. The molecule has 1 N–H and O–H groups in total. The van der Waals surface area contributed by atoms with Crippen LogP contribution in [0.1, 0.15) is 23.5 Å². The monoisotopic (exact) mass is 518 g/mol. The Bertz CT molecular complexity index is 1260. The minimum Gasteiger partial charge on any atom is -0.459 e. The number of hydrogen-bond acceptors (Lipinski definition) is 4. The lowest BCUT2D eigenvalue weighted by Gasteiger charge is -2.26. The maximum atomic E-state index is 6.41. The summed E-state index contributed by atoms with van der Waals surface area (Å²) in [6.45, 7) is 0. The highest BCUT2D eigenvalue weighted by Crippen LogP contribution is 2.43. The highest BCUT2D eigenvalue weighted by atomic mass is 79.9. The van der Waals surface area contributed by atoms with Crippen LogP contribution >= 0.6 is 28.1 Å². The molecule has 0 radical (unpaired) electrons. The van der Waals surface area contributed by atoms with E-state index in [1.54, 1.807) is 6.20 Å². The Labute approximate surface area is 207 Å². The van der Waals surface area contributed by atoms with Gasteiger partial charge < -0.3 is 19.5 Å². The van der Waals surface area contributed by atoms with Crippen molar-refractivity contribution in [3.05, 3.63) is 101 Å². The van der Waals surface area contributed by atoms with Gasteiger partial charge in [-0.3, -0.25) is 4.98 Å². The van der Waals surface area contributed by atoms with Crippen LogP contribution in [0, 0.1) is 0 Å². The Morgan fingerprint density at radius 3 is 2.39 bits per heavy atom.